The zero-order valence-electron chi connectivity index (χ0n) is 12.2. The Morgan fingerprint density at radius 1 is 1.20 bits per heavy atom. The predicted octanol–water partition coefficient (Wildman–Crippen LogP) is 3.91. The monoisotopic (exact) mass is 290 g/mol. The largest absolute Gasteiger partial charge is 0.272 e. The number of carbonyl (C=O) groups is 1. The third kappa shape index (κ3) is 4.67. The Balaban J connectivity index is 1.83. The van der Waals surface area contributed by atoms with Crippen molar-refractivity contribution in [3.05, 3.63) is 29.8 Å². The van der Waals surface area contributed by atoms with Crippen LogP contribution in [-0.2, 0) is 4.79 Å². The number of hydrogen-bond donors (Lipinski definition) is 1. The number of carbonyl (C=O) groups excluding carboxylic acids is 1. The summed E-state index contributed by atoms with van der Waals surface area (Å²) in [5.41, 5.74) is 5.08. The molecule has 0 spiro atoms. The van der Waals surface area contributed by atoms with E-state index in [4.69, 9.17) is 0 Å². The highest BCUT2D eigenvalue weighted by atomic mass is 32.2. The Labute approximate surface area is 125 Å². The van der Waals surface area contributed by atoms with Gasteiger partial charge in [0.2, 0.25) is 0 Å². The molecule has 20 heavy (non-hydrogen) atoms. The standard InChI is InChI=1S/C16H22N2OS/c1-12-8-10-15(11-9-12)20-13(2)16(19)18-17-14-6-4-3-5-7-14/h8-11,13H,3-7H2,1-2H3,(H,18,19)/t13-/m0/s1. The first kappa shape index (κ1) is 15.1. The van der Waals surface area contributed by atoms with Crippen molar-refractivity contribution >= 4 is 23.4 Å². The van der Waals surface area contributed by atoms with E-state index in [0.29, 0.717) is 0 Å². The lowest BCUT2D eigenvalue weighted by atomic mass is 9.99. The second kappa shape index (κ2) is 7.48. The zero-order chi connectivity index (χ0) is 14.4. The molecular weight excluding hydrogens is 268 g/mol. The van der Waals surface area contributed by atoms with Crippen LogP contribution < -0.4 is 5.43 Å². The molecule has 0 heterocycles. The molecule has 1 aromatic rings. The SMILES string of the molecule is Cc1ccc(S[C@@H](C)C(=O)NN=C2CCCCC2)cc1. The minimum Gasteiger partial charge on any atom is -0.272 e. The van der Waals surface area contributed by atoms with Crippen molar-refractivity contribution < 1.29 is 4.79 Å². The average molecular weight is 290 g/mol. The van der Waals surface area contributed by atoms with Crippen LogP contribution >= 0.6 is 11.8 Å². The molecule has 1 fully saturated rings. The molecule has 0 aromatic heterocycles. The van der Waals surface area contributed by atoms with Crippen molar-refractivity contribution in [2.24, 2.45) is 5.10 Å². The van der Waals surface area contributed by atoms with Crippen molar-refractivity contribution in [2.45, 2.75) is 56.1 Å². The van der Waals surface area contributed by atoms with Gasteiger partial charge in [-0.25, -0.2) is 5.43 Å². The normalized spacial score (nSPS) is 16.6. The van der Waals surface area contributed by atoms with Gasteiger partial charge in [-0.1, -0.05) is 24.1 Å². The minimum atomic E-state index is -0.134. The molecular formula is C16H22N2OS. The van der Waals surface area contributed by atoms with E-state index in [1.165, 1.54) is 24.8 Å². The minimum absolute atomic E-state index is 0.0198. The fourth-order valence-electron chi connectivity index (χ4n) is 2.17. The molecule has 3 nitrogen and oxygen atoms in total. The average Bonchev–Trinajstić information content (AvgIpc) is 2.48. The molecule has 2 rings (SSSR count). The van der Waals surface area contributed by atoms with Crippen LogP contribution in [0.2, 0.25) is 0 Å². The maximum absolute atomic E-state index is 12.0. The van der Waals surface area contributed by atoms with Crippen LogP contribution in [0, 0.1) is 6.92 Å². The van der Waals surface area contributed by atoms with Crippen LogP contribution in [0.3, 0.4) is 0 Å². The summed E-state index contributed by atoms with van der Waals surface area (Å²) < 4.78 is 0. The predicted molar refractivity (Wildman–Crippen MR) is 85.2 cm³/mol. The Kier molecular flexibility index (Phi) is 5.65. The van der Waals surface area contributed by atoms with E-state index in [1.54, 1.807) is 11.8 Å². The maximum Gasteiger partial charge on any atom is 0.253 e. The van der Waals surface area contributed by atoms with Crippen molar-refractivity contribution in [2.75, 3.05) is 0 Å². The summed E-state index contributed by atoms with van der Waals surface area (Å²) in [4.78, 5) is 13.1. The molecule has 1 N–H and O–H groups in total. The zero-order valence-corrected chi connectivity index (χ0v) is 13.0. The second-order valence-electron chi connectivity index (χ2n) is 5.29. The number of hydrazone groups is 1. The smallest absolute Gasteiger partial charge is 0.253 e. The number of rotatable bonds is 4. The highest BCUT2D eigenvalue weighted by Crippen LogP contribution is 2.23. The number of benzene rings is 1. The van der Waals surface area contributed by atoms with Gasteiger partial charge in [-0.05, 0) is 51.7 Å². The molecule has 1 amide bonds. The highest BCUT2D eigenvalue weighted by Gasteiger charge is 2.14. The molecule has 1 aliphatic rings. The Hall–Kier alpha value is -1.29. The Bertz CT molecular complexity index is 474. The first-order chi connectivity index (χ1) is 9.65. The lowest BCUT2D eigenvalue weighted by molar-refractivity contribution is -0.120. The number of nitrogens with zero attached hydrogens (tertiary/aromatic N) is 1. The summed E-state index contributed by atoms with van der Waals surface area (Å²) in [6.07, 6.45) is 5.73. The molecule has 1 aromatic carbocycles. The van der Waals surface area contributed by atoms with Crippen molar-refractivity contribution in [3.63, 3.8) is 0 Å². The topological polar surface area (TPSA) is 41.5 Å². The lowest BCUT2D eigenvalue weighted by Gasteiger charge is -2.13. The van der Waals surface area contributed by atoms with Crippen LogP contribution in [0.1, 0.15) is 44.6 Å². The number of amides is 1. The summed E-state index contributed by atoms with van der Waals surface area (Å²) in [6.45, 7) is 3.98. The van der Waals surface area contributed by atoms with Crippen molar-refractivity contribution in [1.29, 1.82) is 0 Å². The van der Waals surface area contributed by atoms with E-state index in [2.05, 4.69) is 41.7 Å². The number of nitrogens with one attached hydrogen (secondary N) is 1. The van der Waals surface area contributed by atoms with E-state index in [9.17, 15) is 4.79 Å². The summed E-state index contributed by atoms with van der Waals surface area (Å²) in [6, 6.07) is 8.23. The van der Waals surface area contributed by atoms with Gasteiger partial charge in [-0.3, -0.25) is 4.79 Å². The Morgan fingerprint density at radius 2 is 1.85 bits per heavy atom. The molecule has 0 aliphatic heterocycles. The summed E-state index contributed by atoms with van der Waals surface area (Å²) in [7, 11) is 0. The third-order valence-corrected chi connectivity index (χ3v) is 4.57. The van der Waals surface area contributed by atoms with Crippen LogP contribution in [0.4, 0.5) is 0 Å². The van der Waals surface area contributed by atoms with E-state index in [-0.39, 0.29) is 11.2 Å². The van der Waals surface area contributed by atoms with Gasteiger partial charge < -0.3 is 0 Å². The number of aryl methyl sites for hydroxylation is 1. The van der Waals surface area contributed by atoms with Gasteiger partial charge in [0.05, 0.1) is 5.25 Å². The molecule has 0 bridgehead atoms. The van der Waals surface area contributed by atoms with Gasteiger partial charge >= 0.3 is 0 Å². The van der Waals surface area contributed by atoms with Gasteiger partial charge in [-0.15, -0.1) is 11.8 Å². The van der Waals surface area contributed by atoms with Gasteiger partial charge in [0, 0.05) is 10.6 Å². The van der Waals surface area contributed by atoms with Crippen molar-refractivity contribution in [3.8, 4) is 0 Å². The van der Waals surface area contributed by atoms with Crippen LogP contribution in [0.15, 0.2) is 34.3 Å². The van der Waals surface area contributed by atoms with Crippen LogP contribution in [0.5, 0.6) is 0 Å². The molecule has 4 heteroatoms. The summed E-state index contributed by atoms with van der Waals surface area (Å²) in [5, 5.41) is 4.13. The molecule has 1 saturated carbocycles. The highest BCUT2D eigenvalue weighted by molar-refractivity contribution is 8.00. The Morgan fingerprint density at radius 3 is 2.50 bits per heavy atom. The second-order valence-corrected chi connectivity index (χ2v) is 6.70. The van der Waals surface area contributed by atoms with Crippen molar-refractivity contribution in [1.82, 2.24) is 5.43 Å². The van der Waals surface area contributed by atoms with Gasteiger partial charge in [0.15, 0.2) is 0 Å². The molecule has 0 radical (unpaired) electrons. The molecule has 1 atom stereocenters. The number of hydrogen-bond acceptors (Lipinski definition) is 3. The first-order valence-corrected chi connectivity index (χ1v) is 8.12. The van der Waals surface area contributed by atoms with E-state index < -0.39 is 0 Å². The molecule has 0 unspecified atom stereocenters. The molecule has 108 valence electrons. The quantitative estimate of drug-likeness (QED) is 0.674. The lowest BCUT2D eigenvalue weighted by Crippen LogP contribution is -2.28. The third-order valence-electron chi connectivity index (χ3n) is 3.46. The van der Waals surface area contributed by atoms with Gasteiger partial charge in [0.25, 0.3) is 5.91 Å². The van der Waals surface area contributed by atoms with E-state index >= 15 is 0 Å². The van der Waals surface area contributed by atoms with E-state index in [0.717, 1.165) is 23.4 Å². The van der Waals surface area contributed by atoms with Crippen LogP contribution in [0.25, 0.3) is 0 Å². The molecule has 0 saturated heterocycles. The van der Waals surface area contributed by atoms with Gasteiger partial charge in [-0.2, -0.15) is 5.10 Å². The fourth-order valence-corrected chi connectivity index (χ4v) is 3.03. The van der Waals surface area contributed by atoms with Gasteiger partial charge in [0.1, 0.15) is 0 Å². The summed E-state index contributed by atoms with van der Waals surface area (Å²) >= 11 is 1.57. The van der Waals surface area contributed by atoms with E-state index in [1.807, 2.05) is 6.92 Å². The summed E-state index contributed by atoms with van der Waals surface area (Å²) in [5.74, 6) is -0.0198. The fraction of sp³-hybridized carbons (Fsp3) is 0.500. The first-order valence-electron chi connectivity index (χ1n) is 7.24. The number of thioether (sulfide) groups is 1. The van der Waals surface area contributed by atoms with Crippen LogP contribution in [-0.4, -0.2) is 16.9 Å². The molecule has 1 aliphatic carbocycles. The maximum atomic E-state index is 12.0.